The molecule has 4 aromatic rings. The molecule has 3 heterocycles. The van der Waals surface area contributed by atoms with Crippen LogP contribution in [0.25, 0.3) is 22.5 Å². The number of nitrogens with one attached hydrogen (secondary N) is 1. The van der Waals surface area contributed by atoms with Gasteiger partial charge in [-0.15, -0.1) is 0 Å². The van der Waals surface area contributed by atoms with Crippen LogP contribution in [0.5, 0.6) is 0 Å². The van der Waals surface area contributed by atoms with Crippen LogP contribution in [0.1, 0.15) is 30.2 Å². The minimum Gasteiger partial charge on any atom is -0.440 e. The number of carbonyl (C=O) groups excluding carboxylic acids is 1. The van der Waals surface area contributed by atoms with Crippen molar-refractivity contribution in [3.63, 3.8) is 0 Å². The number of H-pyrrole nitrogens is 1. The van der Waals surface area contributed by atoms with E-state index in [0.29, 0.717) is 34.6 Å². The Morgan fingerprint density at radius 1 is 1.25 bits per heavy atom. The van der Waals surface area contributed by atoms with Gasteiger partial charge in [0.25, 0.3) is 0 Å². The number of oxazole rings is 1. The van der Waals surface area contributed by atoms with Gasteiger partial charge < -0.3 is 9.32 Å². The average Bonchev–Trinajstić information content (AvgIpc) is 3.37. The second-order valence-corrected chi connectivity index (χ2v) is 8.95. The monoisotopic (exact) mass is 467 g/mol. The Balaban J connectivity index is 1.27. The first kappa shape index (κ1) is 20.9. The van der Waals surface area contributed by atoms with Gasteiger partial charge in [0, 0.05) is 29.6 Å². The second-order valence-electron chi connectivity index (χ2n) is 8.13. The summed E-state index contributed by atoms with van der Waals surface area (Å²) < 4.78 is 8.14. The first-order valence-corrected chi connectivity index (χ1v) is 11.3. The topological polar surface area (TPSA) is 80.0 Å². The van der Waals surface area contributed by atoms with E-state index in [0.717, 1.165) is 35.1 Å². The fraction of sp³-hybridized carbons (Fsp3) is 0.304. The average molecular weight is 468 g/mol. The Morgan fingerprint density at radius 3 is 2.84 bits per heavy atom. The summed E-state index contributed by atoms with van der Waals surface area (Å²) in [5, 5.41) is 7.81. The summed E-state index contributed by atoms with van der Waals surface area (Å²) in [4.78, 5) is 19.5. The van der Waals surface area contributed by atoms with Crippen molar-refractivity contribution in [1.29, 1.82) is 0 Å². The molecular weight excluding hydrogens is 446 g/mol. The zero-order valence-corrected chi connectivity index (χ0v) is 19.1. The number of aromatic nitrogens is 4. The molecule has 0 aliphatic carbocycles. The molecular formula is C23H22ClN5O2S. The smallest absolute Gasteiger partial charge is 0.242 e. The summed E-state index contributed by atoms with van der Waals surface area (Å²) in [6, 6.07) is 13.4. The lowest BCUT2D eigenvalue weighted by Crippen LogP contribution is -2.39. The number of rotatable bonds is 4. The number of aryl methyl sites for hydroxylation is 1. The lowest BCUT2D eigenvalue weighted by atomic mass is 9.97. The molecule has 9 heteroatoms. The number of amides is 1. The van der Waals surface area contributed by atoms with Gasteiger partial charge in [0.15, 0.2) is 22.1 Å². The fourth-order valence-corrected chi connectivity index (χ4v) is 4.54. The van der Waals surface area contributed by atoms with Crippen molar-refractivity contribution < 1.29 is 9.21 Å². The predicted molar refractivity (Wildman–Crippen MR) is 125 cm³/mol. The SMILES string of the molecule is Cc1cccc(-c2n[nH]c(=S)n2CC(=O)N2CCC(c3nc4cc(Cl)ccc4o3)CC2)c1. The molecule has 2 aromatic heterocycles. The maximum absolute atomic E-state index is 13.1. The highest BCUT2D eigenvalue weighted by Crippen LogP contribution is 2.31. The Hall–Kier alpha value is -2.97. The standard InChI is InChI=1S/C23H22ClN5O2S/c1-14-3-2-4-16(11-14)21-26-27-23(32)29(21)13-20(30)28-9-7-15(8-10-28)22-25-18-12-17(24)5-6-19(18)31-22/h2-6,11-12,15H,7-10,13H2,1H3,(H,27,32). The van der Waals surface area contributed by atoms with Crippen molar-refractivity contribution >= 4 is 40.8 Å². The van der Waals surface area contributed by atoms with Gasteiger partial charge >= 0.3 is 0 Å². The maximum Gasteiger partial charge on any atom is 0.242 e. The molecule has 1 aliphatic heterocycles. The number of benzene rings is 2. The molecule has 0 radical (unpaired) electrons. The molecule has 0 unspecified atom stereocenters. The van der Waals surface area contributed by atoms with E-state index in [1.165, 1.54) is 0 Å². The Labute approximate surface area is 195 Å². The molecule has 0 bridgehead atoms. The third-order valence-electron chi connectivity index (χ3n) is 5.89. The van der Waals surface area contributed by atoms with E-state index in [4.69, 9.17) is 28.2 Å². The van der Waals surface area contributed by atoms with Crippen molar-refractivity contribution in [3.05, 3.63) is 63.7 Å². The van der Waals surface area contributed by atoms with Gasteiger partial charge in [-0.25, -0.2) is 4.98 Å². The Morgan fingerprint density at radius 2 is 2.06 bits per heavy atom. The largest absolute Gasteiger partial charge is 0.440 e. The van der Waals surface area contributed by atoms with Crippen LogP contribution in [-0.4, -0.2) is 43.6 Å². The van der Waals surface area contributed by atoms with Crippen LogP contribution in [0.4, 0.5) is 0 Å². The molecule has 1 saturated heterocycles. The van der Waals surface area contributed by atoms with Crippen LogP contribution in [0.15, 0.2) is 46.9 Å². The second kappa shape index (κ2) is 8.52. The maximum atomic E-state index is 13.1. The van der Waals surface area contributed by atoms with Crippen LogP contribution in [0, 0.1) is 11.7 Å². The van der Waals surface area contributed by atoms with E-state index in [9.17, 15) is 4.79 Å². The van der Waals surface area contributed by atoms with Crippen molar-refractivity contribution in [2.24, 2.45) is 0 Å². The number of fused-ring (bicyclic) bond motifs is 1. The van der Waals surface area contributed by atoms with Crippen molar-refractivity contribution in [3.8, 4) is 11.4 Å². The zero-order chi connectivity index (χ0) is 22.2. The van der Waals surface area contributed by atoms with Crippen LogP contribution in [0.3, 0.4) is 0 Å². The lowest BCUT2D eigenvalue weighted by molar-refractivity contribution is -0.132. The number of carbonyl (C=O) groups is 1. The fourth-order valence-electron chi connectivity index (χ4n) is 4.17. The molecule has 32 heavy (non-hydrogen) atoms. The van der Waals surface area contributed by atoms with Gasteiger partial charge in [-0.3, -0.25) is 14.5 Å². The summed E-state index contributed by atoms with van der Waals surface area (Å²) in [5.41, 5.74) is 3.56. The van der Waals surface area contributed by atoms with E-state index >= 15 is 0 Å². The van der Waals surface area contributed by atoms with E-state index in [2.05, 4.69) is 15.2 Å². The number of hydrogen-bond donors (Lipinski definition) is 1. The molecule has 1 fully saturated rings. The molecule has 7 nitrogen and oxygen atoms in total. The summed E-state index contributed by atoms with van der Waals surface area (Å²) in [5.74, 6) is 1.60. The molecule has 164 valence electrons. The number of nitrogens with zero attached hydrogens (tertiary/aromatic N) is 4. The van der Waals surface area contributed by atoms with E-state index < -0.39 is 0 Å². The van der Waals surface area contributed by atoms with Gasteiger partial charge in [-0.1, -0.05) is 35.4 Å². The molecule has 5 rings (SSSR count). The summed E-state index contributed by atoms with van der Waals surface area (Å²) >= 11 is 11.4. The molecule has 0 saturated carbocycles. The van der Waals surface area contributed by atoms with Gasteiger partial charge in [0.1, 0.15) is 12.1 Å². The number of aromatic amines is 1. The predicted octanol–water partition coefficient (Wildman–Crippen LogP) is 5.12. The molecule has 1 N–H and O–H groups in total. The molecule has 0 atom stereocenters. The third-order valence-corrected chi connectivity index (χ3v) is 6.44. The van der Waals surface area contributed by atoms with Crippen molar-refractivity contribution in [2.45, 2.75) is 32.2 Å². The van der Waals surface area contributed by atoms with Crippen molar-refractivity contribution in [2.75, 3.05) is 13.1 Å². The van der Waals surface area contributed by atoms with Crippen molar-refractivity contribution in [1.82, 2.24) is 24.6 Å². The van der Waals surface area contributed by atoms with Gasteiger partial charge in [0.2, 0.25) is 5.91 Å². The Bertz CT molecular complexity index is 1350. The van der Waals surface area contributed by atoms with E-state index in [1.807, 2.05) is 48.2 Å². The number of likely N-dealkylation sites (tertiary alicyclic amines) is 1. The normalized spacial score (nSPS) is 14.9. The van der Waals surface area contributed by atoms with Gasteiger partial charge in [0.05, 0.1) is 0 Å². The first-order chi connectivity index (χ1) is 15.5. The minimum atomic E-state index is 0.0270. The molecule has 2 aromatic carbocycles. The van der Waals surface area contributed by atoms with Crippen LogP contribution >= 0.6 is 23.8 Å². The highest BCUT2D eigenvalue weighted by atomic mass is 35.5. The summed E-state index contributed by atoms with van der Waals surface area (Å²) in [6.07, 6.45) is 1.60. The minimum absolute atomic E-state index is 0.0270. The number of piperidine rings is 1. The lowest BCUT2D eigenvalue weighted by Gasteiger charge is -2.30. The molecule has 0 spiro atoms. The Kier molecular flexibility index (Phi) is 5.57. The third kappa shape index (κ3) is 4.08. The summed E-state index contributed by atoms with van der Waals surface area (Å²) in [7, 11) is 0. The van der Waals surface area contributed by atoms with Gasteiger partial charge in [-0.2, -0.15) is 5.10 Å². The quantitative estimate of drug-likeness (QED) is 0.421. The van der Waals surface area contributed by atoms with Crippen LogP contribution in [-0.2, 0) is 11.3 Å². The van der Waals surface area contributed by atoms with Gasteiger partial charge in [-0.05, 0) is 56.2 Å². The highest BCUT2D eigenvalue weighted by molar-refractivity contribution is 7.71. The number of hydrogen-bond acceptors (Lipinski definition) is 5. The van der Waals surface area contributed by atoms with Crippen LogP contribution in [0.2, 0.25) is 5.02 Å². The summed E-state index contributed by atoms with van der Waals surface area (Å²) in [6.45, 7) is 3.47. The number of halogens is 1. The van der Waals surface area contributed by atoms with E-state index in [-0.39, 0.29) is 18.4 Å². The van der Waals surface area contributed by atoms with Crippen LogP contribution < -0.4 is 0 Å². The first-order valence-electron chi connectivity index (χ1n) is 10.5. The zero-order valence-electron chi connectivity index (χ0n) is 17.5. The molecule has 1 aliphatic rings. The molecule has 1 amide bonds. The highest BCUT2D eigenvalue weighted by Gasteiger charge is 2.27. The van der Waals surface area contributed by atoms with E-state index in [1.54, 1.807) is 10.6 Å².